The Bertz CT molecular complexity index is 600. The first-order valence-corrected chi connectivity index (χ1v) is 11.0. The Morgan fingerprint density at radius 1 is 0.900 bits per heavy atom. The lowest BCUT2D eigenvalue weighted by atomic mass is 9.96. The molecule has 6 N–H and O–H groups in total. The van der Waals surface area contributed by atoms with Crippen molar-refractivity contribution in [3.05, 3.63) is 0 Å². The van der Waals surface area contributed by atoms with E-state index in [-0.39, 0.29) is 29.9 Å². The first-order valence-electron chi connectivity index (χ1n) is 10.4. The van der Waals surface area contributed by atoms with Gasteiger partial charge in [-0.25, -0.2) is 4.79 Å². The molecule has 0 aliphatic heterocycles. The van der Waals surface area contributed by atoms with Crippen LogP contribution < -0.4 is 21.7 Å². The number of carboxylic acid groups (broad SMARTS) is 1. The summed E-state index contributed by atoms with van der Waals surface area (Å²) in [6.07, 6.45) is 0.870. The molecular formula is C20H38N4O5S. The smallest absolute Gasteiger partial charge is 0.326 e. The van der Waals surface area contributed by atoms with E-state index < -0.39 is 47.9 Å². The molecule has 0 heterocycles. The molecule has 0 rings (SSSR count). The highest BCUT2D eigenvalue weighted by Gasteiger charge is 2.32. The predicted molar refractivity (Wildman–Crippen MR) is 119 cm³/mol. The SMILES string of the molecule is CCC(C)C(NC(=O)C(N)C(C)C)C(=O)NC(CS)C(=O)NC(CC(C)C)C(=O)O. The molecule has 0 fully saturated rings. The van der Waals surface area contributed by atoms with E-state index >= 15 is 0 Å². The summed E-state index contributed by atoms with van der Waals surface area (Å²) in [5, 5.41) is 17.0. The maximum absolute atomic E-state index is 12.8. The summed E-state index contributed by atoms with van der Waals surface area (Å²) in [5.74, 6) is -3.05. The summed E-state index contributed by atoms with van der Waals surface area (Å²) in [6, 6.07) is -3.75. The van der Waals surface area contributed by atoms with E-state index in [2.05, 4.69) is 28.6 Å². The number of aliphatic carboxylic acids is 1. The van der Waals surface area contributed by atoms with Crippen molar-refractivity contribution in [2.75, 3.05) is 5.75 Å². The van der Waals surface area contributed by atoms with Crippen LogP contribution in [0.2, 0.25) is 0 Å². The Kier molecular flexibility index (Phi) is 12.7. The molecule has 5 atom stereocenters. The Balaban J connectivity index is 5.30. The number of nitrogens with two attached hydrogens (primary N) is 1. The summed E-state index contributed by atoms with van der Waals surface area (Å²) in [5.41, 5.74) is 5.87. The third-order valence-electron chi connectivity index (χ3n) is 4.95. The van der Waals surface area contributed by atoms with Crippen LogP contribution in [0.4, 0.5) is 0 Å². The zero-order valence-corrected chi connectivity index (χ0v) is 19.7. The molecule has 0 aliphatic rings. The normalized spacial score (nSPS) is 16.3. The average molecular weight is 447 g/mol. The van der Waals surface area contributed by atoms with Gasteiger partial charge in [0.1, 0.15) is 18.1 Å². The molecule has 3 amide bonds. The summed E-state index contributed by atoms with van der Waals surface area (Å²) in [4.78, 5) is 49.1. The highest BCUT2D eigenvalue weighted by molar-refractivity contribution is 7.80. The molecule has 5 unspecified atom stereocenters. The molecule has 0 bridgehead atoms. The van der Waals surface area contributed by atoms with Gasteiger partial charge in [0.05, 0.1) is 6.04 Å². The number of hydrogen-bond donors (Lipinski definition) is 6. The van der Waals surface area contributed by atoms with Crippen molar-refractivity contribution >= 4 is 36.3 Å². The van der Waals surface area contributed by atoms with Crippen LogP contribution in [0.1, 0.15) is 54.4 Å². The second-order valence-electron chi connectivity index (χ2n) is 8.41. The van der Waals surface area contributed by atoms with Crippen LogP contribution >= 0.6 is 12.6 Å². The number of carbonyl (C=O) groups is 4. The lowest BCUT2D eigenvalue weighted by molar-refractivity contribution is -0.142. The van der Waals surface area contributed by atoms with Crippen molar-refractivity contribution in [2.24, 2.45) is 23.5 Å². The second-order valence-corrected chi connectivity index (χ2v) is 8.78. The third-order valence-corrected chi connectivity index (χ3v) is 5.32. The van der Waals surface area contributed by atoms with Gasteiger partial charge in [-0.05, 0) is 24.2 Å². The highest BCUT2D eigenvalue weighted by Crippen LogP contribution is 2.11. The van der Waals surface area contributed by atoms with E-state index in [1.54, 1.807) is 13.8 Å². The molecule has 0 aliphatic carbocycles. The standard InChI is InChI=1S/C20H38N4O5S/c1-7-12(6)16(24-18(26)15(21)11(4)5)19(27)23-14(9-30)17(25)22-13(20(28)29)8-10(2)3/h10-16,30H,7-9,21H2,1-6H3,(H,22,25)(H,23,27)(H,24,26)(H,28,29). The number of nitrogens with one attached hydrogen (secondary N) is 3. The first kappa shape index (κ1) is 28.2. The summed E-state index contributed by atoms with van der Waals surface area (Å²) in [7, 11) is 0. The maximum Gasteiger partial charge on any atom is 0.326 e. The molecule has 9 nitrogen and oxygen atoms in total. The largest absolute Gasteiger partial charge is 0.480 e. The van der Waals surface area contributed by atoms with Crippen LogP contribution in [0.5, 0.6) is 0 Å². The zero-order chi connectivity index (χ0) is 23.6. The number of hydrogen-bond acceptors (Lipinski definition) is 6. The third kappa shape index (κ3) is 9.34. The lowest BCUT2D eigenvalue weighted by Gasteiger charge is -2.28. The zero-order valence-electron chi connectivity index (χ0n) is 18.8. The van der Waals surface area contributed by atoms with Crippen LogP contribution in [0.15, 0.2) is 0 Å². The monoisotopic (exact) mass is 446 g/mol. The average Bonchev–Trinajstić information content (AvgIpc) is 2.67. The van der Waals surface area contributed by atoms with Crippen molar-refractivity contribution in [1.82, 2.24) is 16.0 Å². The van der Waals surface area contributed by atoms with Crippen molar-refractivity contribution in [3.63, 3.8) is 0 Å². The first-order chi connectivity index (χ1) is 13.8. The van der Waals surface area contributed by atoms with Gasteiger partial charge in [0.25, 0.3) is 0 Å². The van der Waals surface area contributed by atoms with Crippen LogP contribution in [0.25, 0.3) is 0 Å². The quantitative estimate of drug-likeness (QED) is 0.227. The van der Waals surface area contributed by atoms with E-state index in [9.17, 15) is 24.3 Å². The number of carboxylic acids is 1. The van der Waals surface area contributed by atoms with Gasteiger partial charge in [-0.2, -0.15) is 12.6 Å². The van der Waals surface area contributed by atoms with E-state index in [1.165, 1.54) is 0 Å². The van der Waals surface area contributed by atoms with Crippen molar-refractivity contribution in [2.45, 2.75) is 78.6 Å². The van der Waals surface area contributed by atoms with Crippen LogP contribution in [0.3, 0.4) is 0 Å². The van der Waals surface area contributed by atoms with Crippen molar-refractivity contribution in [1.29, 1.82) is 0 Å². The van der Waals surface area contributed by atoms with Gasteiger partial charge in [0.2, 0.25) is 17.7 Å². The Hall–Kier alpha value is -1.81. The van der Waals surface area contributed by atoms with Gasteiger partial charge in [-0.3, -0.25) is 14.4 Å². The van der Waals surface area contributed by atoms with Crippen molar-refractivity contribution in [3.8, 4) is 0 Å². The van der Waals surface area contributed by atoms with Gasteiger partial charge < -0.3 is 26.8 Å². The molecule has 10 heteroatoms. The molecule has 0 saturated heterocycles. The van der Waals surface area contributed by atoms with Gasteiger partial charge in [0.15, 0.2) is 0 Å². The topological polar surface area (TPSA) is 151 Å². The fourth-order valence-corrected chi connectivity index (χ4v) is 2.93. The molecule has 0 aromatic carbocycles. The van der Waals surface area contributed by atoms with Crippen LogP contribution in [0, 0.1) is 17.8 Å². The number of amides is 3. The summed E-state index contributed by atoms with van der Waals surface area (Å²) < 4.78 is 0. The number of rotatable bonds is 13. The number of carbonyl (C=O) groups excluding carboxylic acids is 3. The second kappa shape index (κ2) is 13.5. The Morgan fingerprint density at radius 2 is 1.43 bits per heavy atom. The Labute approximate surface area is 184 Å². The maximum atomic E-state index is 12.8. The molecule has 0 saturated carbocycles. The van der Waals surface area contributed by atoms with Gasteiger partial charge in [0, 0.05) is 5.75 Å². The molecular weight excluding hydrogens is 408 g/mol. The minimum atomic E-state index is -1.14. The molecule has 0 radical (unpaired) electrons. The predicted octanol–water partition coefficient (Wildman–Crippen LogP) is 0.531. The molecule has 30 heavy (non-hydrogen) atoms. The van der Waals surface area contributed by atoms with E-state index in [1.807, 2.05) is 27.7 Å². The molecule has 174 valence electrons. The fraction of sp³-hybridized carbons (Fsp3) is 0.800. The lowest BCUT2D eigenvalue weighted by Crippen LogP contribution is -2.59. The van der Waals surface area contributed by atoms with E-state index in [4.69, 9.17) is 5.73 Å². The minimum absolute atomic E-state index is 0.0295. The highest BCUT2D eigenvalue weighted by atomic mass is 32.1. The fourth-order valence-electron chi connectivity index (χ4n) is 2.67. The molecule has 0 aromatic heterocycles. The van der Waals surface area contributed by atoms with E-state index in [0.29, 0.717) is 6.42 Å². The Morgan fingerprint density at radius 3 is 1.83 bits per heavy atom. The molecule has 0 aromatic rings. The summed E-state index contributed by atoms with van der Waals surface area (Å²) in [6.45, 7) is 11.0. The van der Waals surface area contributed by atoms with Gasteiger partial charge in [-0.15, -0.1) is 0 Å². The van der Waals surface area contributed by atoms with Gasteiger partial charge in [-0.1, -0.05) is 48.0 Å². The minimum Gasteiger partial charge on any atom is -0.480 e. The van der Waals surface area contributed by atoms with Crippen LogP contribution in [-0.2, 0) is 19.2 Å². The van der Waals surface area contributed by atoms with E-state index in [0.717, 1.165) is 0 Å². The number of thiol groups is 1. The van der Waals surface area contributed by atoms with Crippen LogP contribution in [-0.4, -0.2) is 58.7 Å². The van der Waals surface area contributed by atoms with Gasteiger partial charge >= 0.3 is 5.97 Å². The summed E-state index contributed by atoms with van der Waals surface area (Å²) >= 11 is 4.12. The molecule has 0 spiro atoms. The van der Waals surface area contributed by atoms with Crippen molar-refractivity contribution < 1.29 is 24.3 Å².